The minimum absolute atomic E-state index is 0.183. The predicted octanol–water partition coefficient (Wildman–Crippen LogP) is 2.95. The molecule has 3 heterocycles. The van der Waals surface area contributed by atoms with E-state index in [1.54, 1.807) is 36.7 Å². The lowest BCUT2D eigenvalue weighted by Crippen LogP contribution is -2.42. The van der Waals surface area contributed by atoms with Crippen LogP contribution in [-0.4, -0.2) is 61.2 Å². The Labute approximate surface area is 190 Å². The van der Waals surface area contributed by atoms with Crippen molar-refractivity contribution >= 4 is 17.1 Å². The molecular formula is C23H29F2N5O3. The lowest BCUT2D eigenvalue weighted by Gasteiger charge is -2.23. The molecule has 33 heavy (non-hydrogen) atoms. The Bertz CT molecular complexity index is 1120. The Morgan fingerprint density at radius 2 is 1.91 bits per heavy atom. The highest BCUT2D eigenvalue weighted by Gasteiger charge is 2.27. The molecule has 1 amide bonds. The minimum Gasteiger partial charge on any atom is -0.390 e. The van der Waals surface area contributed by atoms with E-state index in [9.17, 15) is 23.8 Å². The standard InChI is InChI=1S/C23H29F2N5O3/c1-22(2,32)7-8-26-20-16(21(31)28-12-18(24)23(3,4)33)11-29-30-13-15(9-17(20)30)14-5-6-19(25)27-10-14/h5-6,9-11,13,18,26,32-33H,7-8,12H2,1-4H3,(H,28,31). The first-order chi connectivity index (χ1) is 15.3. The summed E-state index contributed by atoms with van der Waals surface area (Å²) < 4.78 is 28.9. The molecular weight excluding hydrogens is 432 g/mol. The molecule has 0 aromatic carbocycles. The molecule has 10 heteroatoms. The molecule has 0 bridgehead atoms. The molecule has 3 aromatic rings. The van der Waals surface area contributed by atoms with Crippen molar-refractivity contribution in [2.75, 3.05) is 18.4 Å². The van der Waals surface area contributed by atoms with Gasteiger partial charge in [0.2, 0.25) is 5.95 Å². The lowest BCUT2D eigenvalue weighted by atomic mass is 10.0. The van der Waals surface area contributed by atoms with E-state index < -0.39 is 29.2 Å². The number of fused-ring (bicyclic) bond motifs is 1. The largest absolute Gasteiger partial charge is 0.390 e. The van der Waals surface area contributed by atoms with E-state index in [0.29, 0.717) is 35.3 Å². The van der Waals surface area contributed by atoms with Gasteiger partial charge < -0.3 is 20.8 Å². The number of halogens is 2. The number of aromatic nitrogens is 3. The summed E-state index contributed by atoms with van der Waals surface area (Å²) in [7, 11) is 0. The zero-order valence-corrected chi connectivity index (χ0v) is 19.1. The number of hydrogen-bond donors (Lipinski definition) is 4. The summed E-state index contributed by atoms with van der Waals surface area (Å²) in [5, 5.41) is 29.8. The maximum absolute atomic E-state index is 14.1. The van der Waals surface area contributed by atoms with Crippen LogP contribution in [0, 0.1) is 5.95 Å². The van der Waals surface area contributed by atoms with Crippen LogP contribution in [0.4, 0.5) is 14.5 Å². The van der Waals surface area contributed by atoms with Gasteiger partial charge in [-0.2, -0.15) is 9.49 Å². The van der Waals surface area contributed by atoms with Crippen LogP contribution in [0.5, 0.6) is 0 Å². The van der Waals surface area contributed by atoms with Gasteiger partial charge in [0.15, 0.2) is 0 Å². The number of carbonyl (C=O) groups excluding carboxylic acids is 1. The maximum atomic E-state index is 14.1. The smallest absolute Gasteiger partial charge is 0.255 e. The van der Waals surface area contributed by atoms with E-state index in [4.69, 9.17) is 0 Å². The van der Waals surface area contributed by atoms with Crippen molar-refractivity contribution in [1.82, 2.24) is 19.9 Å². The highest BCUT2D eigenvalue weighted by Crippen LogP contribution is 2.29. The number of pyridine rings is 1. The van der Waals surface area contributed by atoms with Gasteiger partial charge in [-0.15, -0.1) is 0 Å². The van der Waals surface area contributed by atoms with Crippen molar-refractivity contribution < 1.29 is 23.8 Å². The fourth-order valence-electron chi connectivity index (χ4n) is 3.14. The molecule has 3 aromatic heterocycles. The van der Waals surface area contributed by atoms with E-state index in [1.807, 2.05) is 0 Å². The van der Waals surface area contributed by atoms with Gasteiger partial charge in [-0.05, 0) is 52.3 Å². The number of nitrogens with zero attached hydrogens (tertiary/aromatic N) is 3. The average Bonchev–Trinajstić information content (AvgIpc) is 3.15. The van der Waals surface area contributed by atoms with Crippen molar-refractivity contribution in [2.45, 2.75) is 51.5 Å². The lowest BCUT2D eigenvalue weighted by molar-refractivity contribution is -0.00177. The Morgan fingerprint density at radius 1 is 1.18 bits per heavy atom. The zero-order chi connectivity index (χ0) is 24.4. The van der Waals surface area contributed by atoms with E-state index in [-0.39, 0.29) is 12.1 Å². The molecule has 0 spiro atoms. The fourth-order valence-corrected chi connectivity index (χ4v) is 3.14. The van der Waals surface area contributed by atoms with E-state index >= 15 is 0 Å². The van der Waals surface area contributed by atoms with Gasteiger partial charge in [-0.3, -0.25) is 4.79 Å². The summed E-state index contributed by atoms with van der Waals surface area (Å²) in [6, 6.07) is 4.62. The van der Waals surface area contributed by atoms with Crippen molar-refractivity contribution in [2.24, 2.45) is 0 Å². The molecule has 0 aliphatic heterocycles. The summed E-state index contributed by atoms with van der Waals surface area (Å²) in [6.07, 6.45) is 3.23. The van der Waals surface area contributed by atoms with Crippen molar-refractivity contribution in [3.63, 3.8) is 0 Å². The second-order valence-electron chi connectivity index (χ2n) is 9.18. The van der Waals surface area contributed by atoms with Gasteiger partial charge in [0.1, 0.15) is 6.17 Å². The first kappa shape index (κ1) is 24.5. The van der Waals surface area contributed by atoms with Gasteiger partial charge in [-0.1, -0.05) is 0 Å². The quantitative estimate of drug-likeness (QED) is 0.365. The van der Waals surface area contributed by atoms with Gasteiger partial charge in [0, 0.05) is 30.1 Å². The van der Waals surface area contributed by atoms with Gasteiger partial charge >= 0.3 is 0 Å². The molecule has 3 rings (SSSR count). The van der Waals surface area contributed by atoms with Gasteiger partial charge in [0.05, 0.1) is 40.7 Å². The molecule has 0 saturated heterocycles. The third-order valence-electron chi connectivity index (χ3n) is 5.19. The number of rotatable bonds is 9. The Hall–Kier alpha value is -3.11. The summed E-state index contributed by atoms with van der Waals surface area (Å²) >= 11 is 0. The number of anilines is 1. The Morgan fingerprint density at radius 3 is 2.52 bits per heavy atom. The minimum atomic E-state index is -1.66. The van der Waals surface area contributed by atoms with Crippen molar-refractivity contribution in [3.05, 3.63) is 48.3 Å². The number of hydrogen-bond acceptors (Lipinski definition) is 6. The fraction of sp³-hybridized carbons (Fsp3) is 0.435. The van der Waals surface area contributed by atoms with E-state index in [0.717, 1.165) is 0 Å². The second kappa shape index (κ2) is 9.40. The monoisotopic (exact) mass is 461 g/mol. The van der Waals surface area contributed by atoms with E-state index in [1.165, 1.54) is 32.3 Å². The Kier molecular flexibility index (Phi) is 6.99. The van der Waals surface area contributed by atoms with Crippen LogP contribution in [0.3, 0.4) is 0 Å². The molecule has 0 radical (unpaired) electrons. The van der Waals surface area contributed by atoms with E-state index in [2.05, 4.69) is 20.7 Å². The molecule has 4 N–H and O–H groups in total. The molecule has 0 aliphatic rings. The number of aliphatic hydroxyl groups is 2. The number of carbonyl (C=O) groups is 1. The number of amides is 1. The first-order valence-corrected chi connectivity index (χ1v) is 10.6. The third kappa shape index (κ3) is 6.23. The average molecular weight is 462 g/mol. The molecule has 0 fully saturated rings. The molecule has 1 atom stereocenters. The van der Waals surface area contributed by atoms with Gasteiger partial charge in [0.25, 0.3) is 5.91 Å². The van der Waals surface area contributed by atoms with Crippen LogP contribution >= 0.6 is 0 Å². The molecule has 178 valence electrons. The first-order valence-electron chi connectivity index (χ1n) is 10.6. The molecule has 0 saturated carbocycles. The third-order valence-corrected chi connectivity index (χ3v) is 5.19. The van der Waals surface area contributed by atoms with Crippen molar-refractivity contribution in [1.29, 1.82) is 0 Å². The highest BCUT2D eigenvalue weighted by atomic mass is 19.1. The van der Waals surface area contributed by atoms with Crippen molar-refractivity contribution in [3.8, 4) is 11.1 Å². The number of alkyl halides is 1. The summed E-state index contributed by atoms with van der Waals surface area (Å²) in [4.78, 5) is 16.5. The second-order valence-corrected chi connectivity index (χ2v) is 9.18. The van der Waals surface area contributed by atoms with Crippen LogP contribution in [0.2, 0.25) is 0 Å². The maximum Gasteiger partial charge on any atom is 0.255 e. The van der Waals surface area contributed by atoms with Crippen LogP contribution in [0.25, 0.3) is 16.6 Å². The van der Waals surface area contributed by atoms with Crippen LogP contribution in [0.15, 0.2) is 36.8 Å². The molecule has 1 unspecified atom stereocenters. The summed E-state index contributed by atoms with van der Waals surface area (Å²) in [5.41, 5.74) is 0.0690. The topological polar surface area (TPSA) is 112 Å². The Balaban J connectivity index is 1.96. The summed E-state index contributed by atoms with van der Waals surface area (Å²) in [5.74, 6) is -1.15. The SMILES string of the molecule is CC(C)(O)CCNc1c(C(=O)NCC(F)C(C)(C)O)cnn2cc(-c3ccc(F)nc3)cc12. The van der Waals surface area contributed by atoms with Crippen LogP contribution < -0.4 is 10.6 Å². The predicted molar refractivity (Wildman–Crippen MR) is 121 cm³/mol. The molecule has 0 aliphatic carbocycles. The zero-order valence-electron chi connectivity index (χ0n) is 19.1. The van der Waals surface area contributed by atoms with Gasteiger partial charge in [-0.25, -0.2) is 13.9 Å². The van der Waals surface area contributed by atoms with Crippen LogP contribution in [0.1, 0.15) is 44.5 Å². The molecule has 8 nitrogen and oxygen atoms in total. The van der Waals surface area contributed by atoms with Crippen LogP contribution in [-0.2, 0) is 0 Å². The highest BCUT2D eigenvalue weighted by molar-refractivity contribution is 6.03. The normalized spacial score (nSPS) is 13.2. The number of nitrogens with one attached hydrogen (secondary N) is 2. The summed E-state index contributed by atoms with van der Waals surface area (Å²) in [6.45, 7) is 6.00.